The Morgan fingerprint density at radius 1 is 1.02 bits per heavy atom. The van der Waals surface area contributed by atoms with E-state index in [1.807, 2.05) is 0 Å². The second kappa shape index (κ2) is 14.6. The summed E-state index contributed by atoms with van der Waals surface area (Å²) in [4.78, 5) is 41.7. The van der Waals surface area contributed by atoms with E-state index in [4.69, 9.17) is 25.4 Å². The molecule has 42 heavy (non-hydrogen) atoms. The number of hydrogen-bond donors (Lipinski definition) is 5. The number of carbonyl (C=O) groups excluding carboxylic acids is 3. The van der Waals surface area contributed by atoms with Crippen molar-refractivity contribution in [3.8, 4) is 0 Å². The van der Waals surface area contributed by atoms with Gasteiger partial charge in [-0.15, -0.1) is 0 Å². The molecule has 2 aromatic carbocycles. The quantitative estimate of drug-likeness (QED) is 0.0865. The Bertz CT molecular complexity index is 1140. The molecule has 12 heteroatoms. The fraction of sp³-hybridized carbons (Fsp3) is 0.467. The van der Waals surface area contributed by atoms with Crippen LogP contribution in [0, 0.1) is 5.41 Å². The molecule has 3 rings (SSSR count). The van der Waals surface area contributed by atoms with Crippen molar-refractivity contribution in [3.63, 3.8) is 0 Å². The predicted octanol–water partition coefficient (Wildman–Crippen LogP) is 2.05. The van der Waals surface area contributed by atoms with Gasteiger partial charge in [0.05, 0.1) is 0 Å². The number of rotatable bonds is 11. The molecule has 0 aromatic heterocycles. The number of aliphatic hydroxyl groups is 1. The smallest absolute Gasteiger partial charge is 0.408 e. The van der Waals surface area contributed by atoms with E-state index in [1.165, 1.54) is 4.90 Å². The van der Waals surface area contributed by atoms with Crippen LogP contribution in [0.2, 0.25) is 0 Å². The predicted molar refractivity (Wildman–Crippen MR) is 155 cm³/mol. The Hall–Kier alpha value is -4.16. The van der Waals surface area contributed by atoms with Crippen LogP contribution >= 0.6 is 0 Å². The lowest BCUT2D eigenvalue weighted by atomic mass is 9.92. The van der Waals surface area contributed by atoms with Crippen molar-refractivity contribution in [2.75, 3.05) is 19.6 Å². The summed E-state index contributed by atoms with van der Waals surface area (Å²) >= 11 is 0. The van der Waals surface area contributed by atoms with Gasteiger partial charge in [-0.05, 0) is 51.3 Å². The highest BCUT2D eigenvalue weighted by atomic mass is 16.6. The summed E-state index contributed by atoms with van der Waals surface area (Å²) < 4.78 is 16.2. The largest absolute Gasteiger partial charge is 0.458 e. The molecule has 1 unspecified atom stereocenters. The number of hydrogen-bond acceptors (Lipinski definition) is 9. The van der Waals surface area contributed by atoms with E-state index in [-0.39, 0.29) is 25.2 Å². The molecule has 0 bridgehead atoms. The molecule has 2 atom stereocenters. The second-order valence-corrected chi connectivity index (χ2v) is 11.1. The molecule has 0 saturated carbocycles. The average Bonchev–Trinajstić information content (AvgIpc) is 2.96. The van der Waals surface area contributed by atoms with Crippen LogP contribution in [-0.2, 0) is 37.0 Å². The number of guanidine groups is 1. The molecule has 1 saturated heterocycles. The molecule has 1 heterocycles. The second-order valence-electron chi connectivity index (χ2n) is 11.1. The van der Waals surface area contributed by atoms with Crippen molar-refractivity contribution in [1.82, 2.24) is 15.5 Å². The molecule has 1 aliphatic rings. The lowest BCUT2D eigenvalue weighted by molar-refractivity contribution is -0.189. The van der Waals surface area contributed by atoms with Gasteiger partial charge in [-0.1, -0.05) is 60.7 Å². The third kappa shape index (κ3) is 9.18. The maximum atomic E-state index is 13.6. The van der Waals surface area contributed by atoms with Crippen molar-refractivity contribution in [3.05, 3.63) is 71.8 Å². The van der Waals surface area contributed by atoms with E-state index in [0.717, 1.165) is 13.0 Å². The number of nitrogens with one attached hydrogen (secondary N) is 3. The summed E-state index contributed by atoms with van der Waals surface area (Å²) in [6, 6.07) is 15.5. The normalized spacial score (nSPS) is 16.0. The first-order chi connectivity index (χ1) is 19.9. The van der Waals surface area contributed by atoms with Gasteiger partial charge in [0.2, 0.25) is 0 Å². The minimum absolute atomic E-state index is 0.254. The summed E-state index contributed by atoms with van der Waals surface area (Å²) in [7, 11) is 0. The summed E-state index contributed by atoms with van der Waals surface area (Å²) in [5.41, 5.74) is 3.20. The number of amides is 1. The minimum atomic E-state index is -3.03. The molecule has 1 aliphatic heterocycles. The zero-order valence-corrected chi connectivity index (χ0v) is 24.3. The fourth-order valence-corrected chi connectivity index (χ4v) is 4.51. The van der Waals surface area contributed by atoms with Gasteiger partial charge in [-0.25, -0.2) is 14.4 Å². The van der Waals surface area contributed by atoms with Gasteiger partial charge in [0.25, 0.3) is 5.60 Å². The van der Waals surface area contributed by atoms with E-state index < -0.39 is 41.8 Å². The van der Waals surface area contributed by atoms with Crippen molar-refractivity contribution in [2.45, 2.75) is 70.1 Å². The monoisotopic (exact) mass is 583 g/mol. The summed E-state index contributed by atoms with van der Waals surface area (Å²) in [6.07, 6.45) is 0.449. The molecule has 1 fully saturated rings. The highest BCUT2D eigenvalue weighted by Gasteiger charge is 2.56. The first-order valence-corrected chi connectivity index (χ1v) is 13.9. The number of esters is 2. The molecular weight excluding hydrogens is 542 g/mol. The molecule has 0 spiro atoms. The van der Waals surface area contributed by atoms with Crippen LogP contribution in [0.4, 0.5) is 4.79 Å². The van der Waals surface area contributed by atoms with E-state index >= 15 is 0 Å². The average molecular weight is 584 g/mol. The zero-order valence-electron chi connectivity index (χ0n) is 24.3. The highest BCUT2D eigenvalue weighted by molar-refractivity contribution is 6.05. The van der Waals surface area contributed by atoms with Crippen molar-refractivity contribution < 1.29 is 33.7 Å². The Morgan fingerprint density at radius 2 is 1.55 bits per heavy atom. The third-order valence-corrected chi connectivity index (χ3v) is 6.64. The van der Waals surface area contributed by atoms with Gasteiger partial charge in [-0.2, -0.15) is 0 Å². The summed E-state index contributed by atoms with van der Waals surface area (Å²) in [5, 5.41) is 25.9. The maximum absolute atomic E-state index is 13.6. The Kier molecular flexibility index (Phi) is 11.3. The first kappa shape index (κ1) is 32.4. The van der Waals surface area contributed by atoms with Gasteiger partial charge in [-0.3, -0.25) is 5.41 Å². The Labute approximate surface area is 246 Å². The van der Waals surface area contributed by atoms with Crippen molar-refractivity contribution in [2.24, 2.45) is 5.73 Å². The van der Waals surface area contributed by atoms with Crippen LogP contribution in [0.3, 0.4) is 0 Å². The van der Waals surface area contributed by atoms with Gasteiger partial charge in [0.15, 0.2) is 5.96 Å². The highest BCUT2D eigenvalue weighted by Crippen LogP contribution is 2.22. The molecule has 12 nitrogen and oxygen atoms in total. The van der Waals surface area contributed by atoms with Crippen LogP contribution in [0.1, 0.15) is 44.7 Å². The number of alkyl carbamates (subject to hydrolysis) is 1. The summed E-state index contributed by atoms with van der Waals surface area (Å²) in [5.74, 6) is -3.04. The topological polar surface area (TPSA) is 176 Å². The maximum Gasteiger partial charge on any atom is 0.408 e. The Balaban J connectivity index is 1.98. The molecule has 1 amide bonds. The van der Waals surface area contributed by atoms with Crippen molar-refractivity contribution >= 4 is 24.0 Å². The van der Waals surface area contributed by atoms with Crippen LogP contribution in [0.15, 0.2) is 60.7 Å². The molecule has 2 aromatic rings. The van der Waals surface area contributed by atoms with Gasteiger partial charge in [0, 0.05) is 19.1 Å². The number of piperidine rings is 1. The van der Waals surface area contributed by atoms with Crippen LogP contribution < -0.4 is 16.4 Å². The first-order valence-electron chi connectivity index (χ1n) is 13.9. The van der Waals surface area contributed by atoms with Gasteiger partial charge >= 0.3 is 18.0 Å². The number of nitrogens with zero attached hydrogens (tertiary/aromatic N) is 1. The lowest BCUT2D eigenvalue weighted by Crippen LogP contribution is -2.68. The number of ether oxygens (including phenoxy) is 3. The summed E-state index contributed by atoms with van der Waals surface area (Å²) in [6.45, 7) is 5.28. The van der Waals surface area contributed by atoms with Gasteiger partial charge < -0.3 is 40.6 Å². The van der Waals surface area contributed by atoms with Crippen molar-refractivity contribution in [1.29, 1.82) is 5.41 Å². The molecule has 0 radical (unpaired) electrons. The van der Waals surface area contributed by atoms with Crippen LogP contribution in [0.5, 0.6) is 0 Å². The van der Waals surface area contributed by atoms with Crippen LogP contribution in [-0.4, -0.2) is 76.9 Å². The van der Waals surface area contributed by atoms with E-state index in [2.05, 4.69) is 10.6 Å². The van der Waals surface area contributed by atoms with E-state index in [0.29, 0.717) is 24.1 Å². The Morgan fingerprint density at radius 3 is 1.98 bits per heavy atom. The number of benzene rings is 2. The standard InChI is InChI=1S/C30H41N5O7/c1-29(2,3)42-28(38)34-24(18-35(27(31)32)23-15-10-16-33-17-23)30(39,25(36)40-19-21-11-6-4-7-12-21)26(37)41-20-22-13-8-5-9-14-22/h4-9,11-14,23-24,33,39H,10,15-20H2,1-3H3,(H3,31,32)(H,34,38)/t23?,24-/m0/s1. The fourth-order valence-electron chi connectivity index (χ4n) is 4.51. The third-order valence-electron chi connectivity index (χ3n) is 6.64. The molecule has 228 valence electrons. The van der Waals surface area contributed by atoms with Crippen LogP contribution in [0.25, 0.3) is 0 Å². The number of nitrogens with two attached hydrogens (primary N) is 1. The molecule has 0 aliphatic carbocycles. The molecular formula is C30H41N5O7. The molecule has 6 N–H and O–H groups in total. The van der Waals surface area contributed by atoms with E-state index in [9.17, 15) is 19.5 Å². The van der Waals surface area contributed by atoms with Gasteiger partial charge in [0.1, 0.15) is 24.9 Å². The number of carbonyl (C=O) groups is 3. The SMILES string of the molecule is CC(C)(C)OC(=O)N[C@@H](CN(C(=N)N)C1CCCNC1)C(O)(C(=O)OCc1ccccc1)C(=O)OCc1ccccc1. The minimum Gasteiger partial charge on any atom is -0.458 e. The zero-order chi connectivity index (χ0) is 30.8. The van der Waals surface area contributed by atoms with E-state index in [1.54, 1.807) is 81.4 Å². The lowest BCUT2D eigenvalue weighted by Gasteiger charge is -2.40.